The van der Waals surface area contributed by atoms with E-state index in [2.05, 4.69) is 24.4 Å². The van der Waals surface area contributed by atoms with E-state index in [1.165, 1.54) is 5.56 Å². The van der Waals surface area contributed by atoms with Crippen LogP contribution in [0, 0.1) is 5.92 Å². The van der Waals surface area contributed by atoms with Gasteiger partial charge in [0.05, 0.1) is 18.6 Å². The third-order valence-electron chi connectivity index (χ3n) is 4.32. The number of amides is 1. The molecule has 0 radical (unpaired) electrons. The Balaban J connectivity index is 2.15. The minimum atomic E-state index is -0.0147. The van der Waals surface area contributed by atoms with Crippen LogP contribution >= 0.6 is 0 Å². The van der Waals surface area contributed by atoms with E-state index in [1.807, 2.05) is 30.9 Å². The highest BCUT2D eigenvalue weighted by atomic mass is 16.5. The highest BCUT2D eigenvalue weighted by Crippen LogP contribution is 2.29. The van der Waals surface area contributed by atoms with Gasteiger partial charge >= 0.3 is 0 Å². The molecule has 21 heavy (non-hydrogen) atoms. The lowest BCUT2D eigenvalue weighted by atomic mass is 9.86. The highest BCUT2D eigenvalue weighted by molar-refractivity contribution is 5.82. The van der Waals surface area contributed by atoms with Crippen LogP contribution in [0.1, 0.15) is 26.3 Å². The van der Waals surface area contributed by atoms with Crippen molar-refractivity contribution >= 4 is 11.6 Å². The van der Waals surface area contributed by atoms with E-state index in [-0.39, 0.29) is 23.9 Å². The van der Waals surface area contributed by atoms with Gasteiger partial charge in [-0.05, 0) is 38.8 Å². The molecule has 0 saturated carbocycles. The smallest absolute Gasteiger partial charge is 0.228 e. The molecule has 4 heteroatoms. The first-order valence-electron chi connectivity index (χ1n) is 7.72. The molecular formula is C17H26N2O2. The van der Waals surface area contributed by atoms with Crippen LogP contribution in [-0.4, -0.2) is 43.2 Å². The molecule has 0 aliphatic carbocycles. The number of anilines is 1. The summed E-state index contributed by atoms with van der Waals surface area (Å²) in [5.74, 6) is 0.204. The molecule has 0 saturated heterocycles. The molecule has 2 rings (SSSR count). The van der Waals surface area contributed by atoms with Crippen LogP contribution in [0.25, 0.3) is 0 Å². The van der Waals surface area contributed by atoms with Crippen LogP contribution in [0.5, 0.6) is 0 Å². The van der Waals surface area contributed by atoms with E-state index in [4.69, 9.17) is 4.74 Å². The van der Waals surface area contributed by atoms with Gasteiger partial charge in [-0.15, -0.1) is 0 Å². The van der Waals surface area contributed by atoms with Crippen LogP contribution in [0.2, 0.25) is 0 Å². The van der Waals surface area contributed by atoms with Crippen LogP contribution in [-0.2, 0) is 16.0 Å². The molecule has 1 aromatic rings. The lowest BCUT2D eigenvalue weighted by Gasteiger charge is -2.37. The van der Waals surface area contributed by atoms with Gasteiger partial charge in [0.15, 0.2) is 0 Å². The van der Waals surface area contributed by atoms with E-state index in [0.717, 1.165) is 12.1 Å². The third kappa shape index (κ3) is 3.38. The van der Waals surface area contributed by atoms with E-state index < -0.39 is 0 Å². The van der Waals surface area contributed by atoms with Crippen molar-refractivity contribution in [2.24, 2.45) is 5.92 Å². The Hall–Kier alpha value is -1.55. The summed E-state index contributed by atoms with van der Waals surface area (Å²) in [6.07, 6.45) is 0.805. The van der Waals surface area contributed by atoms with Crippen LogP contribution in [0.15, 0.2) is 24.3 Å². The van der Waals surface area contributed by atoms with Gasteiger partial charge in [0, 0.05) is 25.4 Å². The Morgan fingerprint density at radius 3 is 2.86 bits per heavy atom. The average molecular weight is 290 g/mol. The Kier molecular flexibility index (Phi) is 5.23. The first-order valence-corrected chi connectivity index (χ1v) is 7.72. The molecule has 116 valence electrons. The van der Waals surface area contributed by atoms with E-state index in [1.54, 1.807) is 7.11 Å². The molecular weight excluding hydrogens is 264 g/mol. The fourth-order valence-electron chi connectivity index (χ4n) is 3.13. The Bertz CT molecular complexity index is 489. The zero-order valence-electron chi connectivity index (χ0n) is 13.4. The van der Waals surface area contributed by atoms with Crippen LogP contribution < -0.4 is 5.32 Å². The number of nitrogens with one attached hydrogen (secondary N) is 1. The zero-order valence-corrected chi connectivity index (χ0v) is 13.4. The molecule has 1 amide bonds. The number of benzene rings is 1. The molecule has 1 N–H and O–H groups in total. The SMILES string of the molecule is CCN(C(=O)C1Cc2ccccc2NC1C)C(C)COC. The van der Waals surface area contributed by atoms with Gasteiger partial charge in [0.1, 0.15) is 0 Å². The molecule has 0 aromatic heterocycles. The minimum Gasteiger partial charge on any atom is -0.383 e. The van der Waals surface area contributed by atoms with Crippen molar-refractivity contribution in [3.8, 4) is 0 Å². The Labute approximate surface area is 127 Å². The summed E-state index contributed by atoms with van der Waals surface area (Å²) in [6.45, 7) is 7.45. The second-order valence-electron chi connectivity index (χ2n) is 5.83. The summed E-state index contributed by atoms with van der Waals surface area (Å²) in [5, 5.41) is 3.46. The maximum atomic E-state index is 12.9. The summed E-state index contributed by atoms with van der Waals surface area (Å²) in [5.41, 5.74) is 2.38. The monoisotopic (exact) mass is 290 g/mol. The van der Waals surface area contributed by atoms with Crippen molar-refractivity contribution in [2.75, 3.05) is 25.6 Å². The minimum absolute atomic E-state index is 0.0147. The van der Waals surface area contributed by atoms with E-state index in [0.29, 0.717) is 13.2 Å². The molecule has 3 unspecified atom stereocenters. The maximum Gasteiger partial charge on any atom is 0.228 e. The van der Waals surface area contributed by atoms with Gasteiger partial charge in [-0.3, -0.25) is 4.79 Å². The Morgan fingerprint density at radius 2 is 2.19 bits per heavy atom. The lowest BCUT2D eigenvalue weighted by molar-refractivity contribution is -0.138. The topological polar surface area (TPSA) is 41.6 Å². The van der Waals surface area contributed by atoms with Crippen LogP contribution in [0.3, 0.4) is 0 Å². The number of hydrogen-bond acceptors (Lipinski definition) is 3. The standard InChI is InChI=1S/C17H26N2O2/c1-5-19(12(2)11-21-4)17(20)15-10-14-8-6-7-9-16(14)18-13(15)3/h6-9,12-13,15,18H,5,10-11H2,1-4H3. The van der Waals surface area contributed by atoms with Gasteiger partial charge < -0.3 is 15.0 Å². The molecule has 4 nitrogen and oxygen atoms in total. The van der Waals surface area contributed by atoms with E-state index >= 15 is 0 Å². The summed E-state index contributed by atoms with van der Waals surface area (Å²) >= 11 is 0. The van der Waals surface area contributed by atoms with Crippen molar-refractivity contribution in [1.29, 1.82) is 0 Å². The van der Waals surface area contributed by atoms with Crippen molar-refractivity contribution < 1.29 is 9.53 Å². The summed E-state index contributed by atoms with van der Waals surface area (Å²) in [6, 6.07) is 8.50. The number of carbonyl (C=O) groups is 1. The molecule has 1 aromatic carbocycles. The number of fused-ring (bicyclic) bond motifs is 1. The van der Waals surface area contributed by atoms with E-state index in [9.17, 15) is 4.79 Å². The van der Waals surface area contributed by atoms with Crippen LogP contribution in [0.4, 0.5) is 5.69 Å². The summed E-state index contributed by atoms with van der Waals surface area (Å²) in [7, 11) is 1.68. The molecule has 0 fully saturated rings. The molecule has 0 spiro atoms. The molecule has 1 heterocycles. The van der Waals surface area contributed by atoms with Gasteiger partial charge in [-0.1, -0.05) is 18.2 Å². The number of carbonyl (C=O) groups excluding carboxylic acids is 1. The van der Waals surface area contributed by atoms with Crippen molar-refractivity contribution in [3.05, 3.63) is 29.8 Å². The van der Waals surface area contributed by atoms with Gasteiger partial charge in [-0.25, -0.2) is 0 Å². The lowest BCUT2D eigenvalue weighted by Crippen LogP contribution is -2.49. The van der Waals surface area contributed by atoms with Gasteiger partial charge in [0.25, 0.3) is 0 Å². The first kappa shape index (κ1) is 15.8. The largest absolute Gasteiger partial charge is 0.383 e. The number of para-hydroxylation sites is 1. The highest BCUT2D eigenvalue weighted by Gasteiger charge is 2.34. The maximum absolute atomic E-state index is 12.9. The second-order valence-corrected chi connectivity index (χ2v) is 5.83. The van der Waals surface area contributed by atoms with Crippen molar-refractivity contribution in [2.45, 2.75) is 39.3 Å². The fourth-order valence-corrected chi connectivity index (χ4v) is 3.13. The number of ether oxygens (including phenoxy) is 1. The van der Waals surface area contributed by atoms with Gasteiger partial charge in [-0.2, -0.15) is 0 Å². The third-order valence-corrected chi connectivity index (χ3v) is 4.32. The first-order chi connectivity index (χ1) is 10.1. The normalized spacial score (nSPS) is 22.1. The second kappa shape index (κ2) is 6.94. The summed E-state index contributed by atoms with van der Waals surface area (Å²) in [4.78, 5) is 14.8. The zero-order chi connectivity index (χ0) is 15.4. The predicted octanol–water partition coefficient (Wildman–Crippen LogP) is 2.54. The molecule has 3 atom stereocenters. The number of nitrogens with zero attached hydrogens (tertiary/aromatic N) is 1. The Morgan fingerprint density at radius 1 is 1.48 bits per heavy atom. The quantitative estimate of drug-likeness (QED) is 0.906. The van der Waals surface area contributed by atoms with Gasteiger partial charge in [0.2, 0.25) is 5.91 Å². The average Bonchev–Trinajstić information content (AvgIpc) is 2.47. The van der Waals surface area contributed by atoms with Crippen molar-refractivity contribution in [1.82, 2.24) is 4.90 Å². The predicted molar refractivity (Wildman–Crippen MR) is 85.4 cm³/mol. The fraction of sp³-hybridized carbons (Fsp3) is 0.588. The molecule has 1 aliphatic heterocycles. The summed E-state index contributed by atoms with van der Waals surface area (Å²) < 4.78 is 5.20. The number of likely N-dealkylation sites (N-methyl/N-ethyl adjacent to an activating group) is 1. The number of methoxy groups -OCH3 is 1. The van der Waals surface area contributed by atoms with Crippen molar-refractivity contribution in [3.63, 3.8) is 0 Å². The number of hydrogen-bond donors (Lipinski definition) is 1. The molecule has 0 bridgehead atoms. The molecule has 1 aliphatic rings. The number of rotatable bonds is 5.